The van der Waals surface area contributed by atoms with Crippen LogP contribution < -0.4 is 20.1 Å². The third kappa shape index (κ3) is 3.83. The summed E-state index contributed by atoms with van der Waals surface area (Å²) in [5.41, 5.74) is 0.997. The molecule has 1 amide bonds. The number of ether oxygens (including phenoxy) is 2. The molecule has 0 fully saturated rings. The molecular formula is C19H14F2N4O3. The largest absolute Gasteiger partial charge is 0.454 e. The second kappa shape index (κ2) is 7.47. The van der Waals surface area contributed by atoms with E-state index in [9.17, 15) is 13.6 Å². The van der Waals surface area contributed by atoms with E-state index in [-0.39, 0.29) is 30.5 Å². The first-order valence-corrected chi connectivity index (χ1v) is 8.29. The molecule has 0 radical (unpaired) electrons. The Morgan fingerprint density at radius 2 is 1.89 bits per heavy atom. The minimum absolute atomic E-state index is 0.0516. The van der Waals surface area contributed by atoms with Crippen LogP contribution in [0.5, 0.6) is 11.5 Å². The van der Waals surface area contributed by atoms with E-state index in [1.165, 1.54) is 18.5 Å². The van der Waals surface area contributed by atoms with Crippen molar-refractivity contribution in [3.8, 4) is 11.5 Å². The second-order valence-corrected chi connectivity index (χ2v) is 5.91. The van der Waals surface area contributed by atoms with Gasteiger partial charge in [0, 0.05) is 12.6 Å². The summed E-state index contributed by atoms with van der Waals surface area (Å²) in [6.45, 7) is 0.459. The molecule has 4 rings (SSSR count). The lowest BCUT2D eigenvalue weighted by atomic mass is 10.2. The van der Waals surface area contributed by atoms with Gasteiger partial charge in [-0.05, 0) is 29.8 Å². The van der Waals surface area contributed by atoms with Gasteiger partial charge in [-0.1, -0.05) is 6.07 Å². The summed E-state index contributed by atoms with van der Waals surface area (Å²) in [6.07, 6.45) is 2.55. The zero-order valence-corrected chi connectivity index (χ0v) is 14.4. The smallest absolute Gasteiger partial charge is 0.271 e. The summed E-state index contributed by atoms with van der Waals surface area (Å²) in [5, 5.41) is 5.41. The van der Waals surface area contributed by atoms with E-state index in [1.54, 1.807) is 12.1 Å². The minimum atomic E-state index is -0.757. The summed E-state index contributed by atoms with van der Waals surface area (Å²) in [5.74, 6) is -0.324. The standard InChI is InChI=1S/C19H14F2N4O3/c20-12-2-3-14(13(21)6-12)25-18-9-22-15(8-23-18)19(26)24-7-11-1-4-16-17(5-11)28-10-27-16/h1-6,8-9H,7,10H2,(H,23,25)(H,24,26). The Morgan fingerprint density at radius 1 is 1.04 bits per heavy atom. The summed E-state index contributed by atoms with van der Waals surface area (Å²) in [6, 6.07) is 8.52. The fraction of sp³-hybridized carbons (Fsp3) is 0.105. The number of nitrogens with one attached hydrogen (secondary N) is 2. The molecule has 0 atom stereocenters. The van der Waals surface area contributed by atoms with E-state index in [2.05, 4.69) is 20.6 Å². The van der Waals surface area contributed by atoms with Crippen molar-refractivity contribution < 1.29 is 23.0 Å². The summed E-state index contributed by atoms with van der Waals surface area (Å²) < 4.78 is 37.1. The lowest BCUT2D eigenvalue weighted by Crippen LogP contribution is -2.24. The number of fused-ring (bicyclic) bond motifs is 1. The molecule has 142 valence electrons. The van der Waals surface area contributed by atoms with Crippen molar-refractivity contribution in [2.45, 2.75) is 6.54 Å². The molecule has 3 aromatic rings. The monoisotopic (exact) mass is 384 g/mol. The maximum atomic E-state index is 13.7. The van der Waals surface area contributed by atoms with Gasteiger partial charge in [-0.25, -0.2) is 18.7 Å². The lowest BCUT2D eigenvalue weighted by molar-refractivity contribution is 0.0945. The van der Waals surface area contributed by atoms with Crippen LogP contribution in [0.15, 0.2) is 48.8 Å². The van der Waals surface area contributed by atoms with E-state index >= 15 is 0 Å². The van der Waals surface area contributed by atoms with Crippen molar-refractivity contribution in [3.05, 3.63) is 71.7 Å². The Labute approximate surface area is 158 Å². The summed E-state index contributed by atoms with van der Waals surface area (Å²) >= 11 is 0. The van der Waals surface area contributed by atoms with Crippen LogP contribution in [0.1, 0.15) is 16.1 Å². The Hall–Kier alpha value is -3.75. The highest BCUT2D eigenvalue weighted by Gasteiger charge is 2.14. The number of carbonyl (C=O) groups excluding carboxylic acids is 1. The Bertz CT molecular complexity index is 1030. The van der Waals surface area contributed by atoms with E-state index in [4.69, 9.17) is 9.47 Å². The Morgan fingerprint density at radius 3 is 2.68 bits per heavy atom. The Kier molecular flexibility index (Phi) is 4.71. The van der Waals surface area contributed by atoms with Crippen LogP contribution in [0, 0.1) is 11.6 Å². The molecule has 0 saturated carbocycles. The fourth-order valence-corrected chi connectivity index (χ4v) is 2.56. The SMILES string of the molecule is O=C(NCc1ccc2c(c1)OCO2)c1cnc(Nc2ccc(F)cc2F)cn1. The van der Waals surface area contributed by atoms with E-state index in [0.717, 1.165) is 17.7 Å². The number of aromatic nitrogens is 2. The van der Waals surface area contributed by atoms with Crippen LogP contribution in [0.4, 0.5) is 20.3 Å². The van der Waals surface area contributed by atoms with Crippen LogP contribution >= 0.6 is 0 Å². The molecular weight excluding hydrogens is 370 g/mol. The van der Waals surface area contributed by atoms with Crippen molar-refractivity contribution >= 4 is 17.4 Å². The van der Waals surface area contributed by atoms with Gasteiger partial charge in [0.2, 0.25) is 6.79 Å². The molecule has 2 aromatic carbocycles. The van der Waals surface area contributed by atoms with Gasteiger partial charge in [-0.3, -0.25) is 4.79 Å². The van der Waals surface area contributed by atoms with Crippen molar-refractivity contribution in [2.75, 3.05) is 12.1 Å². The summed E-state index contributed by atoms with van der Waals surface area (Å²) in [4.78, 5) is 20.3. The average Bonchev–Trinajstić information content (AvgIpc) is 3.17. The van der Waals surface area contributed by atoms with Crippen molar-refractivity contribution in [1.82, 2.24) is 15.3 Å². The van der Waals surface area contributed by atoms with Gasteiger partial charge in [-0.15, -0.1) is 0 Å². The quantitative estimate of drug-likeness (QED) is 0.703. The van der Waals surface area contributed by atoms with E-state index in [0.29, 0.717) is 11.5 Å². The molecule has 0 saturated heterocycles. The zero-order chi connectivity index (χ0) is 19.5. The van der Waals surface area contributed by atoms with E-state index in [1.807, 2.05) is 6.07 Å². The van der Waals surface area contributed by atoms with Crippen molar-refractivity contribution in [2.24, 2.45) is 0 Å². The lowest BCUT2D eigenvalue weighted by Gasteiger charge is -2.08. The summed E-state index contributed by atoms with van der Waals surface area (Å²) in [7, 11) is 0. The second-order valence-electron chi connectivity index (χ2n) is 5.91. The van der Waals surface area contributed by atoms with E-state index < -0.39 is 17.5 Å². The van der Waals surface area contributed by atoms with Gasteiger partial charge in [0.15, 0.2) is 11.5 Å². The molecule has 9 heteroatoms. The molecule has 0 bridgehead atoms. The van der Waals surface area contributed by atoms with Crippen LogP contribution in [0.25, 0.3) is 0 Å². The van der Waals surface area contributed by atoms with Crippen LogP contribution in [0.3, 0.4) is 0 Å². The highest BCUT2D eigenvalue weighted by Crippen LogP contribution is 2.32. The van der Waals surface area contributed by atoms with Crippen LogP contribution in [-0.4, -0.2) is 22.7 Å². The van der Waals surface area contributed by atoms with Gasteiger partial charge in [0.05, 0.1) is 18.1 Å². The number of hydrogen-bond acceptors (Lipinski definition) is 6. The molecule has 28 heavy (non-hydrogen) atoms. The third-order valence-corrected chi connectivity index (χ3v) is 3.97. The number of rotatable bonds is 5. The third-order valence-electron chi connectivity index (χ3n) is 3.97. The first-order valence-electron chi connectivity index (χ1n) is 8.29. The number of hydrogen-bond donors (Lipinski definition) is 2. The normalized spacial score (nSPS) is 11.9. The molecule has 7 nitrogen and oxygen atoms in total. The minimum Gasteiger partial charge on any atom is -0.454 e. The zero-order valence-electron chi connectivity index (χ0n) is 14.4. The van der Waals surface area contributed by atoms with Crippen LogP contribution in [0.2, 0.25) is 0 Å². The highest BCUT2D eigenvalue weighted by atomic mass is 19.1. The number of benzene rings is 2. The number of carbonyl (C=O) groups is 1. The van der Waals surface area contributed by atoms with Gasteiger partial charge in [-0.2, -0.15) is 0 Å². The first kappa shape index (κ1) is 17.7. The molecule has 2 N–H and O–H groups in total. The predicted molar refractivity (Wildman–Crippen MR) is 95.4 cm³/mol. The van der Waals surface area contributed by atoms with Gasteiger partial charge in [0.25, 0.3) is 5.91 Å². The molecule has 0 unspecified atom stereocenters. The predicted octanol–water partition coefficient (Wildman–Crippen LogP) is 3.16. The highest BCUT2D eigenvalue weighted by molar-refractivity contribution is 5.92. The molecule has 2 heterocycles. The van der Waals surface area contributed by atoms with Gasteiger partial charge in [0.1, 0.15) is 23.1 Å². The Balaban J connectivity index is 1.37. The first-order chi connectivity index (χ1) is 13.6. The number of nitrogens with zero attached hydrogens (tertiary/aromatic N) is 2. The van der Waals surface area contributed by atoms with Crippen molar-refractivity contribution in [3.63, 3.8) is 0 Å². The number of halogens is 2. The molecule has 0 spiro atoms. The van der Waals surface area contributed by atoms with Crippen molar-refractivity contribution in [1.29, 1.82) is 0 Å². The average molecular weight is 384 g/mol. The molecule has 1 aliphatic rings. The topological polar surface area (TPSA) is 85.4 Å². The number of anilines is 2. The maximum Gasteiger partial charge on any atom is 0.271 e. The fourth-order valence-electron chi connectivity index (χ4n) is 2.56. The molecule has 1 aliphatic heterocycles. The van der Waals surface area contributed by atoms with Gasteiger partial charge >= 0.3 is 0 Å². The molecule has 1 aromatic heterocycles. The maximum absolute atomic E-state index is 13.7. The molecule has 0 aliphatic carbocycles. The van der Waals surface area contributed by atoms with Gasteiger partial charge < -0.3 is 20.1 Å². The number of amides is 1. The van der Waals surface area contributed by atoms with Crippen LogP contribution in [-0.2, 0) is 6.54 Å².